The normalized spacial score (nSPS) is 15.1. The molecule has 0 bridgehead atoms. The second kappa shape index (κ2) is 6.07. The van der Waals surface area contributed by atoms with E-state index >= 15 is 0 Å². The molecule has 1 saturated heterocycles. The summed E-state index contributed by atoms with van der Waals surface area (Å²) >= 11 is 0. The van der Waals surface area contributed by atoms with Crippen molar-refractivity contribution >= 4 is 11.6 Å². The summed E-state index contributed by atoms with van der Waals surface area (Å²) in [5.74, 6) is 0.0920. The molecular weight excluding hydrogens is 288 g/mol. The first-order valence-corrected chi connectivity index (χ1v) is 8.11. The van der Waals surface area contributed by atoms with Crippen LogP contribution in [0.3, 0.4) is 0 Å². The van der Waals surface area contributed by atoms with Gasteiger partial charge in [-0.25, -0.2) is 0 Å². The minimum absolute atomic E-state index is 0.0920. The Morgan fingerprint density at radius 1 is 1.09 bits per heavy atom. The van der Waals surface area contributed by atoms with E-state index in [0.29, 0.717) is 0 Å². The number of amides is 1. The van der Waals surface area contributed by atoms with Gasteiger partial charge in [0.1, 0.15) is 0 Å². The van der Waals surface area contributed by atoms with Crippen LogP contribution in [0.5, 0.6) is 0 Å². The lowest BCUT2D eigenvalue weighted by Gasteiger charge is -2.37. The van der Waals surface area contributed by atoms with E-state index in [9.17, 15) is 4.79 Å². The lowest BCUT2D eigenvalue weighted by atomic mass is 10.1. The van der Waals surface area contributed by atoms with Gasteiger partial charge in [0.2, 0.25) is 0 Å². The van der Waals surface area contributed by atoms with Crippen LogP contribution in [0.25, 0.3) is 0 Å². The van der Waals surface area contributed by atoms with Gasteiger partial charge in [0.25, 0.3) is 5.91 Å². The molecule has 3 rings (SSSR count). The van der Waals surface area contributed by atoms with E-state index in [1.807, 2.05) is 18.7 Å². The van der Waals surface area contributed by atoms with Crippen molar-refractivity contribution in [3.63, 3.8) is 0 Å². The first-order valence-electron chi connectivity index (χ1n) is 8.11. The first kappa shape index (κ1) is 15.6. The maximum Gasteiger partial charge on any atom is 0.257 e. The Morgan fingerprint density at radius 2 is 1.78 bits per heavy atom. The molecule has 0 radical (unpaired) electrons. The molecule has 1 aromatic heterocycles. The first-order chi connectivity index (χ1) is 11.0. The summed E-state index contributed by atoms with van der Waals surface area (Å²) in [6.07, 6.45) is 0. The van der Waals surface area contributed by atoms with Gasteiger partial charge >= 0.3 is 0 Å². The molecule has 1 fully saturated rings. The van der Waals surface area contributed by atoms with Crippen molar-refractivity contribution < 1.29 is 4.79 Å². The molecule has 2 aromatic rings. The highest BCUT2D eigenvalue weighted by Gasteiger charge is 2.26. The molecule has 23 heavy (non-hydrogen) atoms. The number of carbonyl (C=O) groups excluding carboxylic acids is 1. The van der Waals surface area contributed by atoms with Gasteiger partial charge in [-0.15, -0.1) is 0 Å². The van der Waals surface area contributed by atoms with E-state index in [-0.39, 0.29) is 5.91 Å². The van der Waals surface area contributed by atoms with E-state index in [2.05, 4.69) is 47.1 Å². The van der Waals surface area contributed by atoms with Gasteiger partial charge in [0.05, 0.1) is 11.3 Å². The number of piperazine rings is 1. The third-order valence-electron chi connectivity index (χ3n) is 4.83. The number of nitrogens with zero attached hydrogens (tertiary/aromatic N) is 3. The summed E-state index contributed by atoms with van der Waals surface area (Å²) in [7, 11) is 0. The molecule has 5 nitrogen and oxygen atoms in total. The van der Waals surface area contributed by atoms with E-state index in [4.69, 9.17) is 0 Å². The molecule has 5 heteroatoms. The molecule has 1 amide bonds. The third-order valence-corrected chi connectivity index (χ3v) is 4.83. The van der Waals surface area contributed by atoms with Gasteiger partial charge in [-0.2, -0.15) is 5.10 Å². The van der Waals surface area contributed by atoms with Crippen molar-refractivity contribution in [2.75, 3.05) is 31.1 Å². The van der Waals surface area contributed by atoms with Gasteiger partial charge in [0.15, 0.2) is 0 Å². The number of carbonyl (C=O) groups is 1. The maximum absolute atomic E-state index is 12.7. The summed E-state index contributed by atoms with van der Waals surface area (Å²) < 4.78 is 0. The number of aryl methyl sites for hydroxylation is 3. The van der Waals surface area contributed by atoms with Crippen molar-refractivity contribution in [1.29, 1.82) is 0 Å². The zero-order chi connectivity index (χ0) is 16.6. The van der Waals surface area contributed by atoms with Crippen molar-refractivity contribution in [2.24, 2.45) is 0 Å². The van der Waals surface area contributed by atoms with E-state index in [0.717, 1.165) is 43.1 Å². The second-order valence-electron chi connectivity index (χ2n) is 6.31. The molecule has 1 N–H and O–H groups in total. The van der Waals surface area contributed by atoms with Crippen LogP contribution in [0.15, 0.2) is 18.2 Å². The summed E-state index contributed by atoms with van der Waals surface area (Å²) in [6, 6.07) is 6.42. The Bertz CT molecular complexity index is 707. The zero-order valence-corrected chi connectivity index (χ0v) is 14.3. The minimum atomic E-state index is 0.0920. The highest BCUT2D eigenvalue weighted by Crippen LogP contribution is 2.24. The smallest absolute Gasteiger partial charge is 0.257 e. The number of benzene rings is 1. The van der Waals surface area contributed by atoms with E-state index < -0.39 is 0 Å². The monoisotopic (exact) mass is 312 g/mol. The number of hydrogen-bond donors (Lipinski definition) is 1. The molecular formula is C18H24N4O. The quantitative estimate of drug-likeness (QED) is 0.927. The second-order valence-corrected chi connectivity index (χ2v) is 6.31. The average molecular weight is 312 g/mol. The van der Waals surface area contributed by atoms with Gasteiger partial charge in [-0.3, -0.25) is 9.89 Å². The van der Waals surface area contributed by atoms with Crippen LogP contribution < -0.4 is 4.90 Å². The summed E-state index contributed by atoms with van der Waals surface area (Å²) in [6.45, 7) is 11.3. The number of aromatic amines is 1. The minimum Gasteiger partial charge on any atom is -0.368 e. The van der Waals surface area contributed by atoms with Gasteiger partial charge in [0, 0.05) is 37.6 Å². The number of anilines is 1. The molecule has 0 unspecified atom stereocenters. The predicted octanol–water partition coefficient (Wildman–Crippen LogP) is 2.61. The van der Waals surface area contributed by atoms with Crippen molar-refractivity contribution in [3.05, 3.63) is 46.3 Å². The Morgan fingerprint density at radius 3 is 2.39 bits per heavy atom. The van der Waals surface area contributed by atoms with Crippen molar-refractivity contribution in [2.45, 2.75) is 27.7 Å². The fourth-order valence-corrected chi connectivity index (χ4v) is 3.25. The molecule has 0 saturated carbocycles. The third kappa shape index (κ3) is 2.83. The number of nitrogens with one attached hydrogen (secondary N) is 1. The molecule has 1 aliphatic heterocycles. The molecule has 0 spiro atoms. The van der Waals surface area contributed by atoms with Crippen LogP contribution in [0.1, 0.15) is 32.9 Å². The lowest BCUT2D eigenvalue weighted by molar-refractivity contribution is 0.0745. The molecule has 1 aromatic carbocycles. The Balaban J connectivity index is 1.71. The van der Waals surface area contributed by atoms with Crippen LogP contribution in [-0.2, 0) is 0 Å². The van der Waals surface area contributed by atoms with Crippen molar-refractivity contribution in [1.82, 2.24) is 15.1 Å². The average Bonchev–Trinajstić information content (AvgIpc) is 2.88. The highest BCUT2D eigenvalue weighted by molar-refractivity contribution is 5.96. The van der Waals surface area contributed by atoms with Crippen molar-refractivity contribution in [3.8, 4) is 0 Å². The van der Waals surface area contributed by atoms with E-state index in [1.54, 1.807) is 0 Å². The van der Waals surface area contributed by atoms with E-state index in [1.165, 1.54) is 16.8 Å². The van der Waals surface area contributed by atoms with Crippen LogP contribution in [-0.4, -0.2) is 47.2 Å². The van der Waals surface area contributed by atoms with Gasteiger partial charge < -0.3 is 9.80 Å². The van der Waals surface area contributed by atoms with Crippen LogP contribution >= 0.6 is 0 Å². The number of aromatic nitrogens is 2. The molecule has 1 aliphatic rings. The predicted molar refractivity (Wildman–Crippen MR) is 92.1 cm³/mol. The molecule has 2 heterocycles. The lowest BCUT2D eigenvalue weighted by Crippen LogP contribution is -2.49. The van der Waals surface area contributed by atoms with Crippen LogP contribution in [0.2, 0.25) is 0 Å². The highest BCUT2D eigenvalue weighted by atomic mass is 16.2. The van der Waals surface area contributed by atoms with Crippen LogP contribution in [0.4, 0.5) is 5.69 Å². The molecule has 122 valence electrons. The molecule has 0 atom stereocenters. The summed E-state index contributed by atoms with van der Waals surface area (Å²) in [5, 5.41) is 7.03. The Kier molecular flexibility index (Phi) is 4.11. The summed E-state index contributed by atoms with van der Waals surface area (Å²) in [5.41, 5.74) is 6.28. The topological polar surface area (TPSA) is 52.2 Å². The number of hydrogen-bond acceptors (Lipinski definition) is 3. The zero-order valence-electron chi connectivity index (χ0n) is 14.3. The number of rotatable bonds is 2. The summed E-state index contributed by atoms with van der Waals surface area (Å²) in [4.78, 5) is 17.0. The molecule has 0 aliphatic carbocycles. The standard InChI is InChI=1S/C18H24N4O/c1-12-6-5-7-16(13(12)2)21-8-10-22(11-9-21)18(23)17-14(3)19-20-15(17)4/h5-7H,8-11H2,1-4H3,(H,19,20). The van der Waals surface area contributed by atoms with Crippen LogP contribution in [0, 0.1) is 27.7 Å². The maximum atomic E-state index is 12.7. The van der Waals surface area contributed by atoms with Gasteiger partial charge in [-0.05, 0) is 44.9 Å². The Hall–Kier alpha value is -2.30. The fourth-order valence-electron chi connectivity index (χ4n) is 3.25. The SMILES string of the molecule is Cc1cccc(N2CCN(C(=O)c3c(C)n[nH]c3C)CC2)c1C. The fraction of sp³-hybridized carbons (Fsp3) is 0.444. The Labute approximate surface area is 137 Å². The largest absolute Gasteiger partial charge is 0.368 e. The number of H-pyrrole nitrogens is 1. The van der Waals surface area contributed by atoms with Gasteiger partial charge in [-0.1, -0.05) is 12.1 Å².